The molecular formula is C25H30FN3O2. The minimum Gasteiger partial charge on any atom is -0.497 e. The number of hydrazone groups is 1. The topological polar surface area (TPSA) is 45.1 Å². The molecule has 1 aliphatic heterocycles. The smallest absolute Gasteiger partial charge is 0.257 e. The Labute approximate surface area is 183 Å². The van der Waals surface area contributed by atoms with Crippen LogP contribution in [0.1, 0.15) is 55.7 Å². The zero-order chi connectivity index (χ0) is 21.8. The highest BCUT2D eigenvalue weighted by Crippen LogP contribution is 2.34. The molecule has 1 amide bonds. The molecule has 1 heterocycles. The van der Waals surface area contributed by atoms with E-state index < -0.39 is 0 Å². The number of benzene rings is 2. The Balaban J connectivity index is 1.58. The average Bonchev–Trinajstić information content (AvgIpc) is 3.25. The van der Waals surface area contributed by atoms with Crippen molar-refractivity contribution < 1.29 is 13.9 Å². The molecule has 2 aromatic rings. The van der Waals surface area contributed by atoms with Crippen molar-refractivity contribution in [3.8, 4) is 5.75 Å². The molecule has 1 aliphatic carbocycles. The van der Waals surface area contributed by atoms with Crippen molar-refractivity contribution in [2.24, 2.45) is 5.10 Å². The summed E-state index contributed by atoms with van der Waals surface area (Å²) in [5.74, 6) is 0.385. The highest BCUT2D eigenvalue weighted by atomic mass is 19.1. The standard InChI is InChI=1S/C25H30FN3O2/c1-28(19-8-4-3-5-9-19)17-25(30)29-24(18-12-14-20(31-2)15-13-18)16-23(27-29)21-10-6-7-11-22(21)26/h6-7,10-15,19,24H,3-5,8-9,16-17H2,1-2H3. The summed E-state index contributed by atoms with van der Waals surface area (Å²) in [4.78, 5) is 15.5. The Morgan fingerprint density at radius 3 is 2.52 bits per heavy atom. The number of methoxy groups -OCH3 is 1. The minimum absolute atomic E-state index is 0.0553. The van der Waals surface area contributed by atoms with Crippen LogP contribution in [0, 0.1) is 5.82 Å². The second kappa shape index (κ2) is 9.60. The van der Waals surface area contributed by atoms with Crippen molar-refractivity contribution >= 4 is 11.6 Å². The molecule has 1 saturated carbocycles. The Kier molecular flexibility index (Phi) is 6.66. The largest absolute Gasteiger partial charge is 0.497 e. The molecule has 1 atom stereocenters. The predicted molar refractivity (Wildman–Crippen MR) is 120 cm³/mol. The van der Waals surface area contributed by atoms with Gasteiger partial charge in [-0.3, -0.25) is 9.69 Å². The van der Waals surface area contributed by atoms with Crippen LogP contribution in [0.5, 0.6) is 5.75 Å². The van der Waals surface area contributed by atoms with Gasteiger partial charge in [0, 0.05) is 18.0 Å². The molecule has 2 aromatic carbocycles. The molecule has 1 fully saturated rings. The van der Waals surface area contributed by atoms with Crippen molar-refractivity contribution in [2.45, 2.75) is 50.6 Å². The summed E-state index contributed by atoms with van der Waals surface area (Å²) >= 11 is 0. The van der Waals surface area contributed by atoms with Crippen LogP contribution < -0.4 is 4.74 Å². The van der Waals surface area contributed by atoms with E-state index >= 15 is 0 Å². The molecule has 2 aliphatic rings. The number of nitrogens with zero attached hydrogens (tertiary/aromatic N) is 3. The van der Waals surface area contributed by atoms with Gasteiger partial charge in [-0.1, -0.05) is 49.6 Å². The number of hydrogen-bond acceptors (Lipinski definition) is 4. The van der Waals surface area contributed by atoms with Gasteiger partial charge in [0.15, 0.2) is 0 Å². The van der Waals surface area contributed by atoms with E-state index in [2.05, 4.69) is 10.0 Å². The van der Waals surface area contributed by atoms with Gasteiger partial charge >= 0.3 is 0 Å². The van der Waals surface area contributed by atoms with Gasteiger partial charge in [-0.25, -0.2) is 9.40 Å². The number of ether oxygens (including phenoxy) is 1. The SMILES string of the molecule is COc1ccc(C2CC(c3ccccc3F)=NN2C(=O)CN(C)C2CCCCC2)cc1. The van der Waals surface area contributed by atoms with Crippen molar-refractivity contribution in [2.75, 3.05) is 20.7 Å². The normalized spacial score (nSPS) is 19.5. The lowest BCUT2D eigenvalue weighted by atomic mass is 9.94. The van der Waals surface area contributed by atoms with Crippen LogP contribution in [-0.2, 0) is 4.79 Å². The van der Waals surface area contributed by atoms with Gasteiger partial charge in [-0.05, 0) is 43.7 Å². The maximum atomic E-state index is 14.4. The highest BCUT2D eigenvalue weighted by molar-refractivity contribution is 6.03. The summed E-state index contributed by atoms with van der Waals surface area (Å²) in [6.07, 6.45) is 6.46. The average molecular weight is 424 g/mol. The molecule has 6 heteroatoms. The lowest BCUT2D eigenvalue weighted by molar-refractivity contribution is -0.134. The molecule has 0 spiro atoms. The molecule has 0 radical (unpaired) electrons. The van der Waals surface area contributed by atoms with E-state index in [-0.39, 0.29) is 17.8 Å². The molecule has 0 aromatic heterocycles. The van der Waals surface area contributed by atoms with Crippen LogP contribution in [0.15, 0.2) is 53.6 Å². The summed E-state index contributed by atoms with van der Waals surface area (Å²) in [6.45, 7) is 0.311. The number of carbonyl (C=O) groups excluding carboxylic acids is 1. The van der Waals surface area contributed by atoms with Crippen LogP contribution in [0.3, 0.4) is 0 Å². The summed E-state index contributed by atoms with van der Waals surface area (Å²) < 4.78 is 19.7. The Hall–Kier alpha value is -2.73. The van der Waals surface area contributed by atoms with E-state index in [1.807, 2.05) is 31.3 Å². The number of rotatable bonds is 6. The summed E-state index contributed by atoms with van der Waals surface area (Å²) in [6, 6.07) is 14.5. The Bertz CT molecular complexity index is 938. The number of carbonyl (C=O) groups is 1. The van der Waals surface area contributed by atoms with E-state index in [0.29, 0.717) is 30.3 Å². The van der Waals surface area contributed by atoms with Gasteiger partial charge in [-0.15, -0.1) is 0 Å². The second-order valence-electron chi connectivity index (χ2n) is 8.46. The first kappa shape index (κ1) is 21.5. The van der Waals surface area contributed by atoms with Crippen molar-refractivity contribution in [1.29, 1.82) is 0 Å². The van der Waals surface area contributed by atoms with Gasteiger partial charge < -0.3 is 4.74 Å². The van der Waals surface area contributed by atoms with Crippen molar-refractivity contribution in [3.63, 3.8) is 0 Å². The summed E-state index contributed by atoms with van der Waals surface area (Å²) in [5, 5.41) is 6.18. The van der Waals surface area contributed by atoms with Crippen LogP contribution in [0.4, 0.5) is 4.39 Å². The Morgan fingerprint density at radius 1 is 1.13 bits per heavy atom. The Morgan fingerprint density at radius 2 is 1.84 bits per heavy atom. The minimum atomic E-state index is -0.316. The van der Waals surface area contributed by atoms with E-state index in [1.54, 1.807) is 30.3 Å². The highest BCUT2D eigenvalue weighted by Gasteiger charge is 2.35. The molecule has 0 bridgehead atoms. The third-order valence-corrected chi connectivity index (χ3v) is 6.43. The number of likely N-dealkylation sites (N-methyl/N-ethyl adjacent to an activating group) is 1. The van der Waals surface area contributed by atoms with E-state index in [0.717, 1.165) is 24.2 Å². The third-order valence-electron chi connectivity index (χ3n) is 6.43. The van der Waals surface area contributed by atoms with Gasteiger partial charge in [0.05, 0.1) is 25.4 Å². The molecule has 164 valence electrons. The molecule has 0 saturated heterocycles. The third kappa shape index (κ3) is 4.79. The van der Waals surface area contributed by atoms with E-state index in [1.165, 1.54) is 25.3 Å². The summed E-state index contributed by atoms with van der Waals surface area (Å²) in [7, 11) is 3.65. The monoisotopic (exact) mass is 423 g/mol. The lowest BCUT2D eigenvalue weighted by Crippen LogP contribution is -2.41. The molecule has 5 nitrogen and oxygen atoms in total. The van der Waals surface area contributed by atoms with Crippen molar-refractivity contribution in [1.82, 2.24) is 9.91 Å². The molecule has 1 unspecified atom stereocenters. The second-order valence-corrected chi connectivity index (χ2v) is 8.46. The fourth-order valence-electron chi connectivity index (χ4n) is 4.62. The first-order valence-electron chi connectivity index (χ1n) is 11.1. The van der Waals surface area contributed by atoms with Crippen LogP contribution in [-0.4, -0.2) is 48.3 Å². The van der Waals surface area contributed by atoms with Gasteiger partial charge in [0.25, 0.3) is 5.91 Å². The zero-order valence-electron chi connectivity index (χ0n) is 18.3. The zero-order valence-corrected chi connectivity index (χ0v) is 18.3. The van der Waals surface area contributed by atoms with Gasteiger partial charge in [-0.2, -0.15) is 5.10 Å². The van der Waals surface area contributed by atoms with Crippen LogP contribution in [0.2, 0.25) is 0 Å². The van der Waals surface area contributed by atoms with Crippen molar-refractivity contribution in [3.05, 3.63) is 65.5 Å². The quantitative estimate of drug-likeness (QED) is 0.672. The lowest BCUT2D eigenvalue weighted by Gasteiger charge is -2.32. The van der Waals surface area contributed by atoms with Gasteiger partial charge in [0.2, 0.25) is 0 Å². The predicted octanol–water partition coefficient (Wildman–Crippen LogP) is 4.78. The fourth-order valence-corrected chi connectivity index (χ4v) is 4.62. The maximum absolute atomic E-state index is 14.4. The molecular weight excluding hydrogens is 393 g/mol. The number of hydrogen-bond donors (Lipinski definition) is 0. The van der Waals surface area contributed by atoms with Crippen LogP contribution in [0.25, 0.3) is 0 Å². The number of amides is 1. The first-order valence-corrected chi connectivity index (χ1v) is 11.1. The number of halogens is 1. The van der Waals surface area contributed by atoms with E-state index in [4.69, 9.17) is 4.74 Å². The van der Waals surface area contributed by atoms with Crippen LogP contribution >= 0.6 is 0 Å². The summed E-state index contributed by atoms with van der Waals surface area (Å²) in [5.41, 5.74) is 2.02. The molecule has 0 N–H and O–H groups in total. The van der Waals surface area contributed by atoms with E-state index in [9.17, 15) is 9.18 Å². The first-order chi connectivity index (χ1) is 15.1. The molecule has 31 heavy (non-hydrogen) atoms. The molecule has 4 rings (SSSR count). The maximum Gasteiger partial charge on any atom is 0.257 e. The van der Waals surface area contributed by atoms with Gasteiger partial charge in [0.1, 0.15) is 11.6 Å². The fraction of sp³-hybridized carbons (Fsp3) is 0.440.